The van der Waals surface area contributed by atoms with Crippen molar-refractivity contribution in [1.82, 2.24) is 5.01 Å². The Bertz CT molecular complexity index is 1030. The Morgan fingerprint density at radius 2 is 2.17 bits per heavy atom. The predicted octanol–water partition coefficient (Wildman–Crippen LogP) is 5.58. The molecule has 3 rings (SSSR count). The monoisotopic (exact) mass is 476 g/mol. The quantitative estimate of drug-likeness (QED) is 0.411. The first-order valence-corrected chi connectivity index (χ1v) is 9.84. The van der Waals surface area contributed by atoms with Crippen molar-refractivity contribution in [2.75, 3.05) is 7.11 Å². The van der Waals surface area contributed by atoms with Crippen LogP contribution in [0.2, 0.25) is 0 Å². The van der Waals surface area contributed by atoms with Gasteiger partial charge in [-0.2, -0.15) is 0 Å². The molecule has 1 aromatic carbocycles. The fourth-order valence-electron chi connectivity index (χ4n) is 2.94. The second-order valence-electron chi connectivity index (χ2n) is 6.39. The van der Waals surface area contributed by atoms with Crippen LogP contribution >= 0.6 is 15.9 Å². The molecule has 0 aromatic heterocycles. The van der Waals surface area contributed by atoms with Gasteiger partial charge in [0.25, 0.3) is 0 Å². The summed E-state index contributed by atoms with van der Waals surface area (Å²) >= 11 is 3.46. The molecule has 1 aromatic rings. The molecular weight excluding hydrogens is 458 g/mol. The number of carbonyl (C=O) groups excluding carboxylic acids is 1. The average molecular weight is 477 g/mol. The summed E-state index contributed by atoms with van der Waals surface area (Å²) in [7, 11) is 1.58. The van der Waals surface area contributed by atoms with Crippen LogP contribution in [0.5, 0.6) is 5.75 Å². The molecule has 30 heavy (non-hydrogen) atoms. The molecule has 0 saturated carbocycles. The number of carbonyl (C=O) groups is 1. The molecule has 0 radical (unpaired) electrons. The first-order valence-electron chi connectivity index (χ1n) is 9.05. The second kappa shape index (κ2) is 9.67. The lowest BCUT2D eigenvalue weighted by Crippen LogP contribution is -2.19. The van der Waals surface area contributed by atoms with Gasteiger partial charge in [0.15, 0.2) is 11.6 Å². The van der Waals surface area contributed by atoms with Gasteiger partial charge in [-0.25, -0.2) is 13.8 Å². The van der Waals surface area contributed by atoms with Crippen molar-refractivity contribution >= 4 is 33.7 Å². The van der Waals surface area contributed by atoms with Gasteiger partial charge >= 0.3 is 0 Å². The Labute approximate surface area is 181 Å². The number of hydrogen-bond acceptors (Lipinski definition) is 5. The van der Waals surface area contributed by atoms with Gasteiger partial charge in [-0.05, 0) is 55.0 Å². The number of aldehydes is 1. The SMILES string of the molecule is COc1ccc(Br)cc1/C(C)=C1\C=CC(OC2=CCC(F)C=C2F)=NN1/C=C\C=O. The van der Waals surface area contributed by atoms with Gasteiger partial charge in [0.2, 0.25) is 5.90 Å². The number of benzene rings is 1. The van der Waals surface area contributed by atoms with Crippen LogP contribution in [-0.4, -0.2) is 30.5 Å². The molecule has 0 amide bonds. The van der Waals surface area contributed by atoms with Crippen molar-refractivity contribution in [3.8, 4) is 5.75 Å². The smallest absolute Gasteiger partial charge is 0.237 e. The first kappa shape index (κ1) is 21.7. The van der Waals surface area contributed by atoms with Crippen LogP contribution in [0.3, 0.4) is 0 Å². The summed E-state index contributed by atoms with van der Waals surface area (Å²) in [5.41, 5.74) is 2.31. The van der Waals surface area contributed by atoms with E-state index in [1.54, 1.807) is 19.3 Å². The molecule has 0 saturated heterocycles. The third kappa shape index (κ3) is 4.94. The number of halogens is 3. The van der Waals surface area contributed by atoms with Crippen LogP contribution in [0.25, 0.3) is 5.57 Å². The molecule has 156 valence electrons. The molecule has 1 aliphatic heterocycles. The molecule has 1 aliphatic carbocycles. The first-order chi connectivity index (χ1) is 14.4. The van der Waals surface area contributed by atoms with E-state index in [1.165, 1.54) is 23.4 Å². The summed E-state index contributed by atoms with van der Waals surface area (Å²) in [6, 6.07) is 5.61. The van der Waals surface area contributed by atoms with Gasteiger partial charge < -0.3 is 9.47 Å². The van der Waals surface area contributed by atoms with Crippen molar-refractivity contribution in [2.24, 2.45) is 5.10 Å². The molecule has 0 spiro atoms. The standard InChI is InChI=1S/C22H19BrF2N2O3/c1-14(17-12-15(23)4-7-20(17)29-2)19-6-9-22(26-27(19)10-3-11-28)30-21-8-5-16(24)13-18(21)25/h3-4,6-13,16H,5H2,1-2H3/b10-3-,19-14+. The fraction of sp³-hybridized carbons (Fsp3) is 0.182. The minimum atomic E-state index is -1.37. The molecule has 0 bridgehead atoms. The number of rotatable bonds is 5. The minimum Gasteiger partial charge on any atom is -0.496 e. The van der Waals surface area contributed by atoms with E-state index in [-0.39, 0.29) is 18.1 Å². The van der Waals surface area contributed by atoms with Gasteiger partial charge in [0.1, 0.15) is 18.2 Å². The molecule has 1 heterocycles. The summed E-state index contributed by atoms with van der Waals surface area (Å²) in [4.78, 5) is 10.9. The van der Waals surface area contributed by atoms with Crippen molar-refractivity contribution in [1.29, 1.82) is 0 Å². The van der Waals surface area contributed by atoms with Crippen molar-refractivity contribution in [3.63, 3.8) is 0 Å². The van der Waals surface area contributed by atoms with Gasteiger partial charge in [-0.15, -0.1) is 5.10 Å². The number of allylic oxidation sites excluding steroid dienone is 6. The normalized spacial score (nSPS) is 20.5. The number of nitrogens with zero attached hydrogens (tertiary/aromatic N) is 2. The van der Waals surface area contributed by atoms with Gasteiger partial charge in [0.05, 0.1) is 12.8 Å². The highest BCUT2D eigenvalue weighted by Crippen LogP contribution is 2.33. The van der Waals surface area contributed by atoms with Crippen LogP contribution in [0, 0.1) is 0 Å². The molecule has 8 heteroatoms. The molecule has 0 fully saturated rings. The Balaban J connectivity index is 1.96. The Kier molecular flexibility index (Phi) is 6.99. The highest BCUT2D eigenvalue weighted by molar-refractivity contribution is 9.10. The van der Waals surface area contributed by atoms with Crippen molar-refractivity contribution in [3.05, 3.63) is 82.1 Å². The molecule has 0 N–H and O–H groups in total. The number of ether oxygens (including phenoxy) is 2. The molecular formula is C22H19BrF2N2O3. The van der Waals surface area contributed by atoms with E-state index in [0.717, 1.165) is 21.7 Å². The highest BCUT2D eigenvalue weighted by Gasteiger charge is 2.21. The number of hydrazone groups is 1. The Hall–Kier alpha value is -3.00. The maximum absolute atomic E-state index is 13.9. The van der Waals surface area contributed by atoms with E-state index in [9.17, 15) is 13.6 Å². The lowest BCUT2D eigenvalue weighted by Gasteiger charge is -2.24. The Morgan fingerprint density at radius 1 is 1.37 bits per heavy atom. The second-order valence-corrected chi connectivity index (χ2v) is 7.30. The van der Waals surface area contributed by atoms with E-state index in [4.69, 9.17) is 9.47 Å². The van der Waals surface area contributed by atoms with Crippen LogP contribution in [0.4, 0.5) is 8.78 Å². The van der Waals surface area contributed by atoms with E-state index in [0.29, 0.717) is 17.7 Å². The number of hydrogen-bond donors (Lipinski definition) is 0. The molecule has 1 unspecified atom stereocenters. The zero-order chi connectivity index (χ0) is 21.7. The lowest BCUT2D eigenvalue weighted by atomic mass is 10.0. The average Bonchev–Trinajstić information content (AvgIpc) is 2.74. The fourth-order valence-corrected chi connectivity index (χ4v) is 3.30. The highest BCUT2D eigenvalue weighted by atomic mass is 79.9. The lowest BCUT2D eigenvalue weighted by molar-refractivity contribution is -0.104. The van der Waals surface area contributed by atoms with Crippen LogP contribution in [0.1, 0.15) is 18.9 Å². The van der Waals surface area contributed by atoms with Crippen molar-refractivity contribution in [2.45, 2.75) is 19.5 Å². The van der Waals surface area contributed by atoms with E-state index < -0.39 is 12.0 Å². The van der Waals surface area contributed by atoms with Crippen LogP contribution in [-0.2, 0) is 9.53 Å². The summed E-state index contributed by atoms with van der Waals surface area (Å²) in [5.74, 6) is -0.113. The van der Waals surface area contributed by atoms with Gasteiger partial charge in [-0.1, -0.05) is 15.9 Å². The van der Waals surface area contributed by atoms with Crippen molar-refractivity contribution < 1.29 is 23.0 Å². The third-order valence-corrected chi connectivity index (χ3v) is 4.89. The number of alkyl halides is 1. The summed E-state index contributed by atoms with van der Waals surface area (Å²) < 4.78 is 39.0. The van der Waals surface area contributed by atoms with E-state index >= 15 is 0 Å². The van der Waals surface area contributed by atoms with Gasteiger partial charge in [0, 0.05) is 28.7 Å². The number of methoxy groups -OCH3 is 1. The molecule has 2 aliphatic rings. The molecule has 5 nitrogen and oxygen atoms in total. The van der Waals surface area contributed by atoms with E-state index in [2.05, 4.69) is 21.0 Å². The summed E-state index contributed by atoms with van der Waals surface area (Å²) in [6.07, 6.45) is 7.52. The minimum absolute atomic E-state index is 0.0292. The zero-order valence-corrected chi connectivity index (χ0v) is 17.9. The zero-order valence-electron chi connectivity index (χ0n) is 16.3. The predicted molar refractivity (Wildman–Crippen MR) is 115 cm³/mol. The van der Waals surface area contributed by atoms with Crippen LogP contribution < -0.4 is 4.74 Å². The maximum Gasteiger partial charge on any atom is 0.237 e. The summed E-state index contributed by atoms with van der Waals surface area (Å²) in [5, 5.41) is 5.78. The summed E-state index contributed by atoms with van der Waals surface area (Å²) in [6.45, 7) is 1.89. The molecule has 1 atom stereocenters. The third-order valence-electron chi connectivity index (χ3n) is 4.40. The van der Waals surface area contributed by atoms with Crippen LogP contribution in [0.15, 0.2) is 81.6 Å². The van der Waals surface area contributed by atoms with Gasteiger partial charge in [-0.3, -0.25) is 4.79 Å². The Morgan fingerprint density at radius 3 is 2.87 bits per heavy atom. The van der Waals surface area contributed by atoms with E-state index in [1.807, 2.05) is 25.1 Å². The maximum atomic E-state index is 13.9. The largest absolute Gasteiger partial charge is 0.496 e. The topological polar surface area (TPSA) is 51.1 Å².